The van der Waals surface area contributed by atoms with Crippen LogP contribution in [0.15, 0.2) is 5.16 Å². The number of hydrogen-bond donors (Lipinski definition) is 4. The van der Waals surface area contributed by atoms with E-state index in [2.05, 4.69) is 16.6 Å². The van der Waals surface area contributed by atoms with Crippen molar-refractivity contribution in [3.63, 3.8) is 0 Å². The van der Waals surface area contributed by atoms with Crippen LogP contribution in [0.1, 0.15) is 0 Å². The highest BCUT2D eigenvalue weighted by atomic mass is 16.4. The van der Waals surface area contributed by atoms with Gasteiger partial charge in [0.25, 0.3) is 5.71 Å². The predicted molar refractivity (Wildman–Crippen MR) is 36.5 cm³/mol. The highest BCUT2D eigenvalue weighted by Gasteiger charge is 1.87. The maximum Gasteiger partial charge on any atom is 0.255 e. The summed E-state index contributed by atoms with van der Waals surface area (Å²) < 4.78 is 0. The van der Waals surface area contributed by atoms with Crippen molar-refractivity contribution in [3.8, 4) is 12.1 Å². The van der Waals surface area contributed by atoms with Crippen molar-refractivity contribution in [1.29, 1.82) is 15.9 Å². The first-order chi connectivity index (χ1) is 5.08. The molecule has 0 atom stereocenters. The van der Waals surface area contributed by atoms with E-state index in [1.165, 1.54) is 12.1 Å². The Kier molecular flexibility index (Phi) is 8.08. The molecule has 6 N–H and O–H groups in total. The Morgan fingerprint density at radius 1 is 1.36 bits per heavy atom. The maximum absolute atomic E-state index is 7.76. The number of nitrogens with one attached hydrogen (secondary N) is 1. The predicted octanol–water partition coefficient (Wildman–Crippen LogP) is -1.30. The smallest absolute Gasteiger partial charge is 0.255 e. The zero-order valence-electron chi connectivity index (χ0n) is 5.44. The van der Waals surface area contributed by atoms with E-state index in [0.717, 1.165) is 0 Å². The molecule has 0 spiro atoms. The molecule has 0 saturated carbocycles. The summed E-state index contributed by atoms with van der Waals surface area (Å²) in [7, 11) is 0. The van der Waals surface area contributed by atoms with Gasteiger partial charge in [-0.05, 0) is 0 Å². The van der Waals surface area contributed by atoms with E-state index >= 15 is 0 Å². The molecule has 0 aliphatic rings. The number of nitrogens with two attached hydrogens (primary N) is 2. The van der Waals surface area contributed by atoms with Crippen LogP contribution in [0.4, 0.5) is 0 Å². The molecule has 0 radical (unpaired) electrons. The summed E-state index contributed by atoms with van der Waals surface area (Å²) >= 11 is 0. The molecular formula is C4H6N6O. The topological polar surface area (TPSA) is 156 Å². The first kappa shape index (κ1) is 11.5. The molecular weight excluding hydrogens is 148 g/mol. The Labute approximate surface area is 62.6 Å². The van der Waals surface area contributed by atoms with Crippen molar-refractivity contribution in [2.75, 3.05) is 0 Å². The third-order valence-corrected chi connectivity index (χ3v) is 0.312. The summed E-state index contributed by atoms with van der Waals surface area (Å²) in [6.45, 7) is 0. The zero-order valence-corrected chi connectivity index (χ0v) is 5.44. The molecule has 0 aliphatic heterocycles. The van der Waals surface area contributed by atoms with Gasteiger partial charge >= 0.3 is 0 Å². The minimum absolute atomic E-state index is 0.333. The molecule has 0 aromatic carbocycles. The van der Waals surface area contributed by atoms with Crippen LogP contribution in [-0.2, 0) is 0 Å². The Balaban J connectivity index is 0. The molecule has 7 nitrogen and oxygen atoms in total. The van der Waals surface area contributed by atoms with Gasteiger partial charge in [0.05, 0.1) is 0 Å². The maximum atomic E-state index is 7.76. The van der Waals surface area contributed by atoms with Crippen LogP contribution < -0.4 is 11.5 Å². The fourth-order valence-corrected chi connectivity index (χ4v) is 0.0697. The number of nitriles is 2. The lowest BCUT2D eigenvalue weighted by Gasteiger charge is -1.69. The summed E-state index contributed by atoms with van der Waals surface area (Å²) in [6.07, 6.45) is 0. The lowest BCUT2D eigenvalue weighted by molar-refractivity contribution is 0.320. The van der Waals surface area contributed by atoms with Gasteiger partial charge in [-0.25, -0.2) is 0 Å². The number of oxime groups is 1. The van der Waals surface area contributed by atoms with Crippen molar-refractivity contribution in [2.24, 2.45) is 16.6 Å². The number of nitrogens with zero attached hydrogens (tertiary/aromatic N) is 3. The van der Waals surface area contributed by atoms with E-state index in [1.807, 2.05) is 0 Å². The molecule has 11 heavy (non-hydrogen) atoms. The Morgan fingerprint density at radius 3 is 1.64 bits per heavy atom. The average Bonchev–Trinajstić information content (AvgIpc) is 1.90. The Bertz CT molecular complexity index is 210. The molecule has 0 unspecified atom stereocenters. The SMILES string of the molecule is N#CC(C#N)=NO.N=C(N)N. The largest absolute Gasteiger partial charge is 0.409 e. The summed E-state index contributed by atoms with van der Waals surface area (Å²) in [5, 5.41) is 31.6. The fraction of sp³-hybridized carbons (Fsp3) is 0. The summed E-state index contributed by atoms with van der Waals surface area (Å²) in [5.74, 6) is -0.333. The van der Waals surface area contributed by atoms with Gasteiger partial charge in [-0.3, -0.25) is 5.41 Å². The molecule has 0 aliphatic carbocycles. The highest BCUT2D eigenvalue weighted by Crippen LogP contribution is 1.65. The van der Waals surface area contributed by atoms with Crippen LogP contribution in [0.5, 0.6) is 0 Å². The highest BCUT2D eigenvalue weighted by molar-refractivity contribution is 6.09. The van der Waals surface area contributed by atoms with E-state index in [9.17, 15) is 0 Å². The van der Waals surface area contributed by atoms with Gasteiger partial charge in [0, 0.05) is 0 Å². The second-order valence-corrected chi connectivity index (χ2v) is 1.13. The summed E-state index contributed by atoms with van der Waals surface area (Å²) in [6, 6.07) is 2.68. The van der Waals surface area contributed by atoms with Crippen molar-refractivity contribution < 1.29 is 5.21 Å². The summed E-state index contributed by atoms with van der Waals surface area (Å²) in [4.78, 5) is 0. The van der Waals surface area contributed by atoms with Crippen LogP contribution in [-0.4, -0.2) is 16.9 Å². The molecule has 0 amide bonds. The summed E-state index contributed by atoms with van der Waals surface area (Å²) in [5.41, 5.74) is 8.42. The van der Waals surface area contributed by atoms with Gasteiger partial charge in [0.15, 0.2) is 5.96 Å². The van der Waals surface area contributed by atoms with Gasteiger partial charge in [-0.2, -0.15) is 10.5 Å². The molecule has 0 aromatic heterocycles. The van der Waals surface area contributed by atoms with E-state index in [4.69, 9.17) is 21.1 Å². The van der Waals surface area contributed by atoms with Crippen molar-refractivity contribution >= 4 is 11.7 Å². The number of hydrogen-bond acceptors (Lipinski definition) is 5. The van der Waals surface area contributed by atoms with E-state index in [0.29, 0.717) is 0 Å². The second-order valence-electron chi connectivity index (χ2n) is 1.13. The normalized spacial score (nSPS) is 5.64. The molecule has 7 heteroatoms. The third kappa shape index (κ3) is 18.3. The van der Waals surface area contributed by atoms with Crippen LogP contribution in [0.2, 0.25) is 0 Å². The van der Waals surface area contributed by atoms with Gasteiger partial charge in [0.1, 0.15) is 12.1 Å². The minimum Gasteiger partial charge on any atom is -0.409 e. The minimum atomic E-state index is -0.528. The fourth-order valence-electron chi connectivity index (χ4n) is 0.0697. The molecule has 0 fully saturated rings. The van der Waals surface area contributed by atoms with Crippen LogP contribution in [0.25, 0.3) is 0 Å². The van der Waals surface area contributed by atoms with E-state index < -0.39 is 5.71 Å². The lowest BCUT2D eigenvalue weighted by Crippen LogP contribution is -2.20. The van der Waals surface area contributed by atoms with Gasteiger partial charge in [0.2, 0.25) is 0 Å². The zero-order chi connectivity index (χ0) is 9.28. The molecule has 0 rings (SSSR count). The molecule has 58 valence electrons. The second kappa shape index (κ2) is 7.72. The van der Waals surface area contributed by atoms with Gasteiger partial charge in [-0.15, -0.1) is 0 Å². The first-order valence-electron chi connectivity index (χ1n) is 2.20. The molecule has 0 aromatic rings. The monoisotopic (exact) mass is 154 g/mol. The number of guanidine groups is 1. The lowest BCUT2D eigenvalue weighted by atomic mass is 10.5. The van der Waals surface area contributed by atoms with Gasteiger partial charge < -0.3 is 16.7 Å². The van der Waals surface area contributed by atoms with E-state index in [-0.39, 0.29) is 5.96 Å². The van der Waals surface area contributed by atoms with Crippen molar-refractivity contribution in [3.05, 3.63) is 0 Å². The average molecular weight is 154 g/mol. The Morgan fingerprint density at radius 2 is 1.64 bits per heavy atom. The van der Waals surface area contributed by atoms with E-state index in [1.54, 1.807) is 0 Å². The van der Waals surface area contributed by atoms with Gasteiger partial charge in [-0.1, -0.05) is 5.16 Å². The van der Waals surface area contributed by atoms with Crippen LogP contribution in [0, 0.1) is 28.1 Å². The van der Waals surface area contributed by atoms with Crippen molar-refractivity contribution in [1.82, 2.24) is 0 Å². The Hall–Kier alpha value is -2.28. The number of rotatable bonds is 0. The molecule has 0 saturated heterocycles. The third-order valence-electron chi connectivity index (χ3n) is 0.312. The molecule has 0 bridgehead atoms. The van der Waals surface area contributed by atoms with Crippen molar-refractivity contribution in [2.45, 2.75) is 0 Å². The quantitative estimate of drug-likeness (QED) is 0.147. The first-order valence-corrected chi connectivity index (χ1v) is 2.20. The standard InChI is InChI=1S/C3HN3O.CH5N3/c4-1-3(2-5)6-7;2-1(3)4/h7H;(H5,2,3,4). The van der Waals surface area contributed by atoms with Crippen LogP contribution in [0.3, 0.4) is 0 Å². The van der Waals surface area contributed by atoms with Crippen LogP contribution >= 0.6 is 0 Å². The molecule has 0 heterocycles.